The first kappa shape index (κ1) is 21.6. The van der Waals surface area contributed by atoms with Gasteiger partial charge in [-0.3, -0.25) is 9.78 Å². The average molecular weight is 367 g/mol. The molecule has 0 aliphatic carbocycles. The van der Waals surface area contributed by atoms with Crippen molar-refractivity contribution in [3.63, 3.8) is 0 Å². The monoisotopic (exact) mass is 367 g/mol. The highest BCUT2D eigenvalue weighted by atomic mass is 19.4. The number of hydrogen-bond donors (Lipinski definition) is 2. The number of nitrogens with zero attached hydrogens (tertiary/aromatic N) is 1. The Bertz CT molecular complexity index is 672. The molecule has 0 saturated heterocycles. The largest absolute Gasteiger partial charge is 0.393 e. The maximum Gasteiger partial charge on any atom is 0.393 e. The number of halogens is 3. The molecule has 0 spiro atoms. The van der Waals surface area contributed by atoms with Gasteiger partial charge in [0.05, 0.1) is 6.42 Å². The van der Waals surface area contributed by atoms with E-state index in [4.69, 9.17) is 5.73 Å². The molecular formula is C19H24F3N3O. The van der Waals surface area contributed by atoms with E-state index in [1.807, 2.05) is 20.8 Å². The zero-order valence-electron chi connectivity index (χ0n) is 15.1. The van der Waals surface area contributed by atoms with Gasteiger partial charge < -0.3 is 11.1 Å². The predicted octanol–water partition coefficient (Wildman–Crippen LogP) is 3.86. The van der Waals surface area contributed by atoms with E-state index in [2.05, 4.69) is 10.3 Å². The Morgan fingerprint density at radius 1 is 1.00 bits per heavy atom. The molecule has 2 rings (SSSR count). The van der Waals surface area contributed by atoms with Gasteiger partial charge in [-0.1, -0.05) is 24.3 Å². The quantitative estimate of drug-likeness (QED) is 0.862. The van der Waals surface area contributed by atoms with E-state index in [-0.39, 0.29) is 23.6 Å². The number of nitrogens with one attached hydrogen (secondary N) is 1. The second-order valence-corrected chi connectivity index (χ2v) is 6.89. The van der Waals surface area contributed by atoms with Crippen molar-refractivity contribution in [3.8, 4) is 0 Å². The summed E-state index contributed by atoms with van der Waals surface area (Å²) in [6.07, 6.45) is -2.13. The van der Waals surface area contributed by atoms with E-state index in [0.29, 0.717) is 5.56 Å². The summed E-state index contributed by atoms with van der Waals surface area (Å²) >= 11 is 0. The first-order chi connectivity index (χ1) is 11.9. The zero-order chi connectivity index (χ0) is 19.8. The smallest absolute Gasteiger partial charge is 0.348 e. The fourth-order valence-corrected chi connectivity index (χ4v) is 1.79. The molecule has 4 nitrogen and oxygen atoms in total. The van der Waals surface area contributed by atoms with E-state index < -0.39 is 12.6 Å². The van der Waals surface area contributed by atoms with Crippen LogP contribution in [0.5, 0.6) is 0 Å². The number of aromatic nitrogens is 1. The number of hydrogen-bond acceptors (Lipinski definition) is 3. The summed E-state index contributed by atoms with van der Waals surface area (Å²) < 4.78 is 36.7. The van der Waals surface area contributed by atoms with Crippen LogP contribution in [-0.4, -0.2) is 22.6 Å². The molecule has 3 N–H and O–H groups in total. The first-order valence-corrected chi connectivity index (χ1v) is 8.06. The number of alkyl halides is 3. The minimum absolute atomic E-state index is 0. The molecule has 7 heteroatoms. The van der Waals surface area contributed by atoms with E-state index in [1.54, 1.807) is 24.3 Å². The molecule has 0 unspecified atom stereocenters. The summed E-state index contributed by atoms with van der Waals surface area (Å²) in [6, 6.07) is 9.16. The number of rotatable bonds is 4. The fraction of sp³-hybridized carbons (Fsp3) is 0.368. The zero-order valence-corrected chi connectivity index (χ0v) is 15.1. The highest BCUT2D eigenvalue weighted by Gasteiger charge is 2.27. The molecule has 0 aliphatic heterocycles. The normalized spacial score (nSPS) is 11.3. The number of benzene rings is 1. The lowest BCUT2D eigenvalue weighted by Crippen LogP contribution is -2.26. The van der Waals surface area contributed by atoms with Crippen LogP contribution in [0.2, 0.25) is 0 Å². The van der Waals surface area contributed by atoms with E-state index in [9.17, 15) is 18.0 Å². The van der Waals surface area contributed by atoms with Gasteiger partial charge in [0.2, 0.25) is 0 Å². The van der Waals surface area contributed by atoms with Gasteiger partial charge in [-0.2, -0.15) is 13.2 Å². The number of carbonyl (C=O) groups excluding carboxylic acids is 1. The van der Waals surface area contributed by atoms with Gasteiger partial charge in [0.25, 0.3) is 5.91 Å². The third kappa shape index (κ3) is 10.5. The second kappa shape index (κ2) is 9.33. The molecular weight excluding hydrogens is 343 g/mol. The Morgan fingerprint density at radius 2 is 1.46 bits per heavy atom. The van der Waals surface area contributed by atoms with Crippen molar-refractivity contribution in [1.82, 2.24) is 10.3 Å². The van der Waals surface area contributed by atoms with Crippen molar-refractivity contribution >= 4 is 5.91 Å². The third-order valence-electron chi connectivity index (χ3n) is 2.82. The van der Waals surface area contributed by atoms with Gasteiger partial charge >= 0.3 is 6.18 Å². The lowest BCUT2D eigenvalue weighted by Gasteiger charge is -2.08. The molecule has 1 heterocycles. The lowest BCUT2D eigenvalue weighted by atomic mass is 10.1. The van der Waals surface area contributed by atoms with Crippen molar-refractivity contribution in [2.24, 2.45) is 5.73 Å². The molecule has 0 atom stereocenters. The summed E-state index contributed by atoms with van der Waals surface area (Å²) in [5.41, 5.74) is 6.78. The maximum atomic E-state index is 12.2. The molecule has 1 aromatic heterocycles. The van der Waals surface area contributed by atoms with Gasteiger partial charge in [-0.15, -0.1) is 0 Å². The Hall–Kier alpha value is -2.41. The number of pyridine rings is 1. The van der Waals surface area contributed by atoms with Crippen LogP contribution in [0.1, 0.15) is 42.3 Å². The summed E-state index contributed by atoms with van der Waals surface area (Å²) in [6.45, 7) is 6.15. The number of carbonyl (C=O) groups is 1. The summed E-state index contributed by atoms with van der Waals surface area (Å²) in [4.78, 5) is 15.6. The Labute approximate surface area is 151 Å². The van der Waals surface area contributed by atoms with Crippen molar-refractivity contribution in [1.29, 1.82) is 0 Å². The SMILES string of the molecule is CC(C)(C)N.O=C(NCc1ccc(CC(F)(F)F)cc1)c1ccncc1. The van der Waals surface area contributed by atoms with Crippen LogP contribution in [0.4, 0.5) is 13.2 Å². The Kier molecular flexibility index (Phi) is 7.76. The second-order valence-electron chi connectivity index (χ2n) is 6.89. The van der Waals surface area contributed by atoms with E-state index in [1.165, 1.54) is 24.5 Å². The molecule has 142 valence electrons. The molecule has 26 heavy (non-hydrogen) atoms. The molecule has 2 aromatic rings. The van der Waals surface area contributed by atoms with Crippen LogP contribution >= 0.6 is 0 Å². The minimum atomic E-state index is -4.21. The molecule has 0 aliphatic rings. The van der Waals surface area contributed by atoms with E-state index in [0.717, 1.165) is 5.56 Å². The third-order valence-corrected chi connectivity index (χ3v) is 2.82. The molecule has 0 saturated carbocycles. The van der Waals surface area contributed by atoms with Crippen LogP contribution in [0.25, 0.3) is 0 Å². The maximum absolute atomic E-state index is 12.2. The lowest BCUT2D eigenvalue weighted by molar-refractivity contribution is -0.127. The molecule has 1 amide bonds. The summed E-state index contributed by atoms with van der Waals surface area (Å²) in [5, 5.41) is 2.69. The number of nitrogens with two attached hydrogens (primary N) is 1. The van der Waals surface area contributed by atoms with Crippen LogP contribution in [0, 0.1) is 0 Å². The van der Waals surface area contributed by atoms with Crippen LogP contribution in [0.3, 0.4) is 0 Å². The standard InChI is InChI=1S/C15H13F3N2O.C4H11N/c16-15(17,18)9-11-1-3-12(4-2-11)10-20-14(21)13-5-7-19-8-6-13;1-4(2,3)5/h1-8H,9-10H2,(H,20,21);5H2,1-3H3. The fourth-order valence-electron chi connectivity index (χ4n) is 1.79. The number of amides is 1. The molecule has 0 bridgehead atoms. The highest BCUT2D eigenvalue weighted by Crippen LogP contribution is 2.21. The molecule has 1 aromatic carbocycles. The van der Waals surface area contributed by atoms with Crippen molar-refractivity contribution in [3.05, 3.63) is 65.5 Å². The summed E-state index contributed by atoms with van der Waals surface area (Å²) in [5.74, 6) is -0.253. The van der Waals surface area contributed by atoms with Crippen LogP contribution < -0.4 is 11.1 Å². The van der Waals surface area contributed by atoms with Gasteiger partial charge in [-0.25, -0.2) is 0 Å². The topological polar surface area (TPSA) is 68.0 Å². The van der Waals surface area contributed by atoms with Crippen molar-refractivity contribution < 1.29 is 18.0 Å². The van der Waals surface area contributed by atoms with Crippen LogP contribution in [-0.2, 0) is 13.0 Å². The first-order valence-electron chi connectivity index (χ1n) is 8.06. The minimum Gasteiger partial charge on any atom is -0.348 e. The van der Waals surface area contributed by atoms with Gasteiger partial charge in [-0.05, 0) is 44.0 Å². The summed E-state index contributed by atoms with van der Waals surface area (Å²) in [7, 11) is 0. The highest BCUT2D eigenvalue weighted by molar-refractivity contribution is 5.93. The van der Waals surface area contributed by atoms with Gasteiger partial charge in [0, 0.05) is 30.0 Å². The van der Waals surface area contributed by atoms with Crippen LogP contribution in [0.15, 0.2) is 48.8 Å². The molecule has 0 radical (unpaired) electrons. The predicted molar refractivity (Wildman–Crippen MR) is 95.5 cm³/mol. The Morgan fingerprint density at radius 3 is 1.92 bits per heavy atom. The molecule has 0 fully saturated rings. The van der Waals surface area contributed by atoms with Gasteiger partial charge in [0.15, 0.2) is 0 Å². The van der Waals surface area contributed by atoms with Crippen molar-refractivity contribution in [2.45, 2.75) is 45.5 Å². The Balaban J connectivity index is 0.000000597. The average Bonchev–Trinajstić information content (AvgIpc) is 2.52. The van der Waals surface area contributed by atoms with Crippen molar-refractivity contribution in [2.75, 3.05) is 0 Å². The van der Waals surface area contributed by atoms with Gasteiger partial charge in [0.1, 0.15) is 0 Å². The van der Waals surface area contributed by atoms with E-state index >= 15 is 0 Å².